The SMILES string of the molecule is CCOC(=O)CN(CCCC(=O)OC)Cc1ccccc1. The van der Waals surface area contributed by atoms with Crippen molar-refractivity contribution in [1.82, 2.24) is 4.90 Å². The van der Waals surface area contributed by atoms with Gasteiger partial charge >= 0.3 is 11.9 Å². The quantitative estimate of drug-likeness (QED) is 0.652. The van der Waals surface area contributed by atoms with Gasteiger partial charge in [0.25, 0.3) is 0 Å². The van der Waals surface area contributed by atoms with E-state index < -0.39 is 0 Å². The molecule has 0 atom stereocenters. The average molecular weight is 293 g/mol. The van der Waals surface area contributed by atoms with Crippen LogP contribution in [0.25, 0.3) is 0 Å². The molecule has 1 aromatic rings. The standard InChI is InChI=1S/C16H23NO4/c1-3-21-16(19)13-17(11-7-10-15(18)20-2)12-14-8-5-4-6-9-14/h4-6,8-9H,3,7,10-13H2,1-2H3. The van der Waals surface area contributed by atoms with Crippen LogP contribution in [-0.2, 0) is 25.6 Å². The van der Waals surface area contributed by atoms with Crippen molar-refractivity contribution >= 4 is 11.9 Å². The van der Waals surface area contributed by atoms with E-state index >= 15 is 0 Å². The van der Waals surface area contributed by atoms with Crippen molar-refractivity contribution in [3.05, 3.63) is 35.9 Å². The Morgan fingerprint density at radius 2 is 1.86 bits per heavy atom. The highest BCUT2D eigenvalue weighted by atomic mass is 16.5. The number of hydrogen-bond donors (Lipinski definition) is 0. The summed E-state index contributed by atoms with van der Waals surface area (Å²) in [5, 5.41) is 0. The zero-order chi connectivity index (χ0) is 15.5. The molecule has 0 spiro atoms. The van der Waals surface area contributed by atoms with Gasteiger partial charge in [0, 0.05) is 13.0 Å². The van der Waals surface area contributed by atoms with Crippen LogP contribution < -0.4 is 0 Å². The smallest absolute Gasteiger partial charge is 0.320 e. The third-order valence-electron chi connectivity index (χ3n) is 2.99. The summed E-state index contributed by atoms with van der Waals surface area (Å²) in [6.45, 7) is 3.68. The Balaban J connectivity index is 2.52. The first kappa shape index (κ1) is 17.2. The van der Waals surface area contributed by atoms with E-state index in [1.807, 2.05) is 35.2 Å². The van der Waals surface area contributed by atoms with Gasteiger partial charge in [0.15, 0.2) is 0 Å². The van der Waals surface area contributed by atoms with Gasteiger partial charge in [-0.1, -0.05) is 30.3 Å². The highest BCUT2D eigenvalue weighted by Gasteiger charge is 2.13. The molecule has 0 heterocycles. The normalized spacial score (nSPS) is 10.4. The fourth-order valence-electron chi connectivity index (χ4n) is 1.99. The van der Waals surface area contributed by atoms with Gasteiger partial charge in [-0.15, -0.1) is 0 Å². The Hall–Kier alpha value is -1.88. The number of benzene rings is 1. The molecule has 0 amide bonds. The number of hydrogen-bond acceptors (Lipinski definition) is 5. The molecule has 0 fully saturated rings. The second-order valence-corrected chi connectivity index (χ2v) is 4.68. The molecule has 1 aromatic carbocycles. The molecular formula is C16H23NO4. The molecular weight excluding hydrogens is 270 g/mol. The monoisotopic (exact) mass is 293 g/mol. The minimum absolute atomic E-state index is 0.226. The first-order valence-electron chi connectivity index (χ1n) is 7.14. The third-order valence-corrected chi connectivity index (χ3v) is 2.99. The Kier molecular flexibility index (Phi) is 8.12. The van der Waals surface area contributed by atoms with E-state index in [4.69, 9.17) is 4.74 Å². The van der Waals surface area contributed by atoms with E-state index in [0.717, 1.165) is 5.56 Å². The Labute approximate surface area is 125 Å². The fraction of sp³-hybridized carbons (Fsp3) is 0.500. The molecule has 116 valence electrons. The molecule has 0 bridgehead atoms. The van der Waals surface area contributed by atoms with Gasteiger partial charge in [0.1, 0.15) is 0 Å². The van der Waals surface area contributed by atoms with Gasteiger partial charge < -0.3 is 9.47 Å². The number of methoxy groups -OCH3 is 1. The summed E-state index contributed by atoms with van der Waals surface area (Å²) in [5.74, 6) is -0.475. The molecule has 21 heavy (non-hydrogen) atoms. The van der Waals surface area contributed by atoms with Gasteiger partial charge in [-0.05, 0) is 25.5 Å². The molecule has 0 saturated carbocycles. The van der Waals surface area contributed by atoms with Crippen molar-refractivity contribution in [2.45, 2.75) is 26.3 Å². The molecule has 0 aliphatic carbocycles. The van der Waals surface area contributed by atoms with E-state index in [1.54, 1.807) is 6.92 Å². The lowest BCUT2D eigenvalue weighted by Gasteiger charge is -2.21. The molecule has 0 aliphatic rings. The Bertz CT molecular complexity index is 433. The number of carbonyl (C=O) groups is 2. The summed E-state index contributed by atoms with van der Waals surface area (Å²) in [6, 6.07) is 9.91. The molecule has 0 unspecified atom stereocenters. The molecule has 0 saturated heterocycles. The van der Waals surface area contributed by atoms with Crippen LogP contribution in [0.3, 0.4) is 0 Å². The second kappa shape index (κ2) is 9.94. The lowest BCUT2D eigenvalue weighted by Crippen LogP contribution is -2.31. The summed E-state index contributed by atoms with van der Waals surface area (Å²) >= 11 is 0. The van der Waals surface area contributed by atoms with Crippen molar-refractivity contribution in [2.75, 3.05) is 26.8 Å². The summed E-state index contributed by atoms with van der Waals surface area (Å²) < 4.78 is 9.61. The topological polar surface area (TPSA) is 55.8 Å². The fourth-order valence-corrected chi connectivity index (χ4v) is 1.99. The van der Waals surface area contributed by atoms with Crippen molar-refractivity contribution in [3.63, 3.8) is 0 Å². The van der Waals surface area contributed by atoms with Gasteiger partial charge in [-0.2, -0.15) is 0 Å². The van der Waals surface area contributed by atoms with Crippen LogP contribution in [0, 0.1) is 0 Å². The predicted octanol–water partition coefficient (Wildman–Crippen LogP) is 2.00. The first-order chi connectivity index (χ1) is 10.2. The number of ether oxygens (including phenoxy) is 2. The van der Waals surface area contributed by atoms with Crippen LogP contribution in [0.2, 0.25) is 0 Å². The van der Waals surface area contributed by atoms with E-state index in [-0.39, 0.29) is 18.5 Å². The summed E-state index contributed by atoms with van der Waals surface area (Å²) in [4.78, 5) is 24.8. The largest absolute Gasteiger partial charge is 0.469 e. The van der Waals surface area contributed by atoms with Gasteiger partial charge in [0.2, 0.25) is 0 Å². The van der Waals surface area contributed by atoms with Gasteiger partial charge in [-0.3, -0.25) is 14.5 Å². The van der Waals surface area contributed by atoms with Crippen molar-refractivity contribution in [1.29, 1.82) is 0 Å². The van der Waals surface area contributed by atoms with Crippen LogP contribution in [0.5, 0.6) is 0 Å². The molecule has 5 heteroatoms. The highest BCUT2D eigenvalue weighted by molar-refractivity contribution is 5.71. The molecule has 5 nitrogen and oxygen atoms in total. The molecule has 0 aliphatic heterocycles. The number of esters is 2. The van der Waals surface area contributed by atoms with E-state index in [2.05, 4.69) is 4.74 Å². The molecule has 0 radical (unpaired) electrons. The molecule has 0 N–H and O–H groups in total. The highest BCUT2D eigenvalue weighted by Crippen LogP contribution is 2.06. The summed E-state index contributed by atoms with van der Waals surface area (Å²) in [6.07, 6.45) is 1.00. The van der Waals surface area contributed by atoms with Crippen LogP contribution in [-0.4, -0.2) is 43.6 Å². The zero-order valence-corrected chi connectivity index (χ0v) is 12.7. The van der Waals surface area contributed by atoms with Crippen molar-refractivity contribution < 1.29 is 19.1 Å². The Morgan fingerprint density at radius 1 is 1.14 bits per heavy atom. The van der Waals surface area contributed by atoms with E-state index in [1.165, 1.54) is 7.11 Å². The maximum Gasteiger partial charge on any atom is 0.320 e. The third kappa shape index (κ3) is 7.46. The molecule has 1 rings (SSSR count). The van der Waals surface area contributed by atoms with E-state index in [9.17, 15) is 9.59 Å². The van der Waals surface area contributed by atoms with Crippen molar-refractivity contribution in [3.8, 4) is 0 Å². The minimum Gasteiger partial charge on any atom is -0.469 e. The maximum atomic E-state index is 11.6. The number of carbonyl (C=O) groups excluding carboxylic acids is 2. The van der Waals surface area contributed by atoms with Crippen LogP contribution in [0.4, 0.5) is 0 Å². The Morgan fingerprint density at radius 3 is 2.48 bits per heavy atom. The van der Waals surface area contributed by atoms with Gasteiger partial charge in [0.05, 0.1) is 20.3 Å². The van der Waals surface area contributed by atoms with Gasteiger partial charge in [-0.25, -0.2) is 0 Å². The van der Waals surface area contributed by atoms with Crippen LogP contribution in [0.15, 0.2) is 30.3 Å². The summed E-state index contributed by atoms with van der Waals surface area (Å²) in [7, 11) is 1.38. The van der Waals surface area contributed by atoms with Crippen LogP contribution in [0.1, 0.15) is 25.3 Å². The lowest BCUT2D eigenvalue weighted by molar-refractivity contribution is -0.144. The average Bonchev–Trinajstić information content (AvgIpc) is 2.48. The zero-order valence-electron chi connectivity index (χ0n) is 12.7. The predicted molar refractivity (Wildman–Crippen MR) is 79.6 cm³/mol. The first-order valence-corrected chi connectivity index (χ1v) is 7.14. The minimum atomic E-state index is -0.244. The van der Waals surface area contributed by atoms with Crippen LogP contribution >= 0.6 is 0 Å². The maximum absolute atomic E-state index is 11.6. The van der Waals surface area contributed by atoms with E-state index in [0.29, 0.717) is 32.5 Å². The summed E-state index contributed by atoms with van der Waals surface area (Å²) in [5.41, 5.74) is 1.12. The molecule has 0 aromatic heterocycles. The lowest BCUT2D eigenvalue weighted by atomic mass is 10.2. The number of rotatable bonds is 9. The second-order valence-electron chi connectivity index (χ2n) is 4.68. The van der Waals surface area contributed by atoms with Crippen molar-refractivity contribution in [2.24, 2.45) is 0 Å². The number of nitrogens with zero attached hydrogens (tertiary/aromatic N) is 1.